The van der Waals surface area contributed by atoms with Crippen molar-refractivity contribution in [3.8, 4) is 11.5 Å². The SMILES string of the molecule is CCCOc1ccc(C(=O)N2CCN(c3ccc(NC(=O)c4cccc(OC)c4)cc3Cl)CC2)cc1. The Morgan fingerprint density at radius 3 is 2.33 bits per heavy atom. The van der Waals surface area contributed by atoms with E-state index in [2.05, 4.69) is 17.1 Å². The first-order chi connectivity index (χ1) is 17.5. The Morgan fingerprint density at radius 1 is 0.917 bits per heavy atom. The van der Waals surface area contributed by atoms with Gasteiger partial charge in [-0.3, -0.25) is 9.59 Å². The lowest BCUT2D eigenvalue weighted by Crippen LogP contribution is -2.48. The van der Waals surface area contributed by atoms with Gasteiger partial charge in [-0.2, -0.15) is 0 Å². The van der Waals surface area contributed by atoms with E-state index in [1.165, 1.54) is 0 Å². The number of nitrogens with zero attached hydrogens (tertiary/aromatic N) is 2. The van der Waals surface area contributed by atoms with Crippen LogP contribution in [0.4, 0.5) is 11.4 Å². The number of piperazine rings is 1. The maximum absolute atomic E-state index is 12.9. The van der Waals surface area contributed by atoms with Crippen LogP contribution in [-0.2, 0) is 0 Å². The number of amides is 2. The highest BCUT2D eigenvalue weighted by Crippen LogP contribution is 2.30. The van der Waals surface area contributed by atoms with Gasteiger partial charge in [0.25, 0.3) is 11.8 Å². The Kier molecular flexibility index (Phi) is 8.33. The number of methoxy groups -OCH3 is 1. The van der Waals surface area contributed by atoms with Crippen LogP contribution < -0.4 is 19.7 Å². The van der Waals surface area contributed by atoms with E-state index in [9.17, 15) is 9.59 Å². The van der Waals surface area contributed by atoms with E-state index >= 15 is 0 Å². The summed E-state index contributed by atoms with van der Waals surface area (Å²) in [5.41, 5.74) is 2.64. The molecular formula is C28H30ClN3O4. The minimum atomic E-state index is -0.241. The number of carbonyl (C=O) groups excluding carboxylic acids is 2. The van der Waals surface area contributed by atoms with Gasteiger partial charge in [0, 0.05) is 43.0 Å². The summed E-state index contributed by atoms with van der Waals surface area (Å²) in [6, 6.07) is 19.7. The van der Waals surface area contributed by atoms with Crippen molar-refractivity contribution in [1.29, 1.82) is 0 Å². The predicted molar refractivity (Wildman–Crippen MR) is 143 cm³/mol. The van der Waals surface area contributed by atoms with E-state index in [-0.39, 0.29) is 11.8 Å². The molecule has 1 saturated heterocycles. The van der Waals surface area contributed by atoms with Crippen molar-refractivity contribution in [3.63, 3.8) is 0 Å². The Balaban J connectivity index is 1.34. The van der Waals surface area contributed by atoms with Crippen LogP contribution >= 0.6 is 11.6 Å². The van der Waals surface area contributed by atoms with Gasteiger partial charge in [-0.05, 0) is 67.1 Å². The normalized spacial score (nSPS) is 13.3. The molecule has 1 fully saturated rings. The van der Waals surface area contributed by atoms with Crippen molar-refractivity contribution < 1.29 is 19.1 Å². The average molecular weight is 508 g/mol. The number of rotatable bonds is 8. The predicted octanol–water partition coefficient (Wildman–Crippen LogP) is 5.35. The fraction of sp³-hybridized carbons (Fsp3) is 0.286. The van der Waals surface area contributed by atoms with Crippen LogP contribution in [0, 0.1) is 0 Å². The van der Waals surface area contributed by atoms with E-state index in [1.54, 1.807) is 37.4 Å². The largest absolute Gasteiger partial charge is 0.497 e. The maximum Gasteiger partial charge on any atom is 0.255 e. The molecule has 3 aromatic carbocycles. The summed E-state index contributed by atoms with van der Waals surface area (Å²) in [7, 11) is 1.56. The molecule has 1 N–H and O–H groups in total. The molecule has 36 heavy (non-hydrogen) atoms. The highest BCUT2D eigenvalue weighted by Gasteiger charge is 2.23. The Morgan fingerprint density at radius 2 is 1.67 bits per heavy atom. The molecule has 1 aliphatic heterocycles. The first-order valence-corrected chi connectivity index (χ1v) is 12.4. The van der Waals surface area contributed by atoms with Crippen molar-refractivity contribution in [2.45, 2.75) is 13.3 Å². The van der Waals surface area contributed by atoms with Crippen LogP contribution in [0.5, 0.6) is 11.5 Å². The minimum Gasteiger partial charge on any atom is -0.497 e. The number of nitrogens with one attached hydrogen (secondary N) is 1. The topological polar surface area (TPSA) is 71.1 Å². The molecule has 1 heterocycles. The highest BCUT2D eigenvalue weighted by atomic mass is 35.5. The standard InChI is InChI=1S/C28H30ClN3O4/c1-3-17-36-23-10-7-20(8-11-23)28(34)32-15-13-31(14-16-32)26-12-9-22(19-25(26)29)30-27(33)21-5-4-6-24(18-21)35-2/h4-12,18-19H,3,13-17H2,1-2H3,(H,30,33). The summed E-state index contributed by atoms with van der Waals surface area (Å²) in [5.74, 6) is 1.16. The quantitative estimate of drug-likeness (QED) is 0.445. The van der Waals surface area contributed by atoms with Crippen LogP contribution in [0.3, 0.4) is 0 Å². The van der Waals surface area contributed by atoms with Crippen molar-refractivity contribution in [2.75, 3.05) is 50.1 Å². The van der Waals surface area contributed by atoms with Crippen molar-refractivity contribution >= 4 is 34.8 Å². The van der Waals surface area contributed by atoms with Crippen molar-refractivity contribution in [2.24, 2.45) is 0 Å². The molecule has 188 valence electrons. The molecule has 2 amide bonds. The smallest absolute Gasteiger partial charge is 0.255 e. The average Bonchev–Trinajstić information content (AvgIpc) is 2.92. The molecular weight excluding hydrogens is 478 g/mol. The summed E-state index contributed by atoms with van der Waals surface area (Å²) in [5, 5.41) is 3.42. The summed E-state index contributed by atoms with van der Waals surface area (Å²) in [4.78, 5) is 29.5. The molecule has 3 aromatic rings. The van der Waals surface area contributed by atoms with Gasteiger partial charge >= 0.3 is 0 Å². The molecule has 0 atom stereocenters. The van der Waals surface area contributed by atoms with E-state index in [0.29, 0.717) is 60.4 Å². The lowest BCUT2D eigenvalue weighted by Gasteiger charge is -2.36. The fourth-order valence-corrected chi connectivity index (χ4v) is 4.36. The third-order valence-electron chi connectivity index (χ3n) is 6.02. The van der Waals surface area contributed by atoms with E-state index in [1.807, 2.05) is 41.3 Å². The lowest BCUT2D eigenvalue weighted by molar-refractivity contribution is 0.0746. The third kappa shape index (κ3) is 6.10. The number of carbonyl (C=O) groups is 2. The number of hydrogen-bond acceptors (Lipinski definition) is 5. The molecule has 0 aliphatic carbocycles. The zero-order valence-electron chi connectivity index (χ0n) is 20.5. The van der Waals surface area contributed by atoms with Gasteiger partial charge in [-0.25, -0.2) is 0 Å². The van der Waals surface area contributed by atoms with Gasteiger partial charge < -0.3 is 24.6 Å². The molecule has 0 saturated carbocycles. The number of hydrogen-bond donors (Lipinski definition) is 1. The molecule has 4 rings (SSSR count). The maximum atomic E-state index is 12.9. The van der Waals surface area contributed by atoms with Crippen molar-refractivity contribution in [3.05, 3.63) is 82.9 Å². The monoisotopic (exact) mass is 507 g/mol. The summed E-state index contributed by atoms with van der Waals surface area (Å²) in [6.45, 7) is 5.24. The van der Waals surface area contributed by atoms with Crippen LogP contribution in [0.15, 0.2) is 66.7 Å². The number of ether oxygens (including phenoxy) is 2. The minimum absolute atomic E-state index is 0.0124. The fourth-order valence-electron chi connectivity index (χ4n) is 4.06. The molecule has 0 bridgehead atoms. The second kappa shape index (κ2) is 11.8. The van der Waals surface area contributed by atoms with Gasteiger partial charge in [-0.15, -0.1) is 0 Å². The van der Waals surface area contributed by atoms with Gasteiger partial charge in [0.15, 0.2) is 0 Å². The highest BCUT2D eigenvalue weighted by molar-refractivity contribution is 6.33. The molecule has 0 radical (unpaired) electrons. The molecule has 0 spiro atoms. The molecule has 1 aliphatic rings. The first kappa shape index (κ1) is 25.4. The van der Waals surface area contributed by atoms with E-state index in [0.717, 1.165) is 17.9 Å². The number of benzene rings is 3. The second-order valence-corrected chi connectivity index (χ2v) is 8.91. The second-order valence-electron chi connectivity index (χ2n) is 8.50. The van der Waals surface area contributed by atoms with Gasteiger partial charge in [0.2, 0.25) is 0 Å². The lowest BCUT2D eigenvalue weighted by atomic mass is 10.1. The summed E-state index contributed by atoms with van der Waals surface area (Å²) < 4.78 is 10.8. The first-order valence-electron chi connectivity index (χ1n) is 12.0. The molecule has 0 aromatic heterocycles. The Bertz CT molecular complexity index is 1210. The van der Waals surface area contributed by atoms with Crippen LogP contribution in [0.25, 0.3) is 0 Å². The Hall–Kier alpha value is -3.71. The number of halogens is 1. The zero-order valence-corrected chi connectivity index (χ0v) is 21.3. The molecule has 0 unspecified atom stereocenters. The molecule has 7 nitrogen and oxygen atoms in total. The summed E-state index contributed by atoms with van der Waals surface area (Å²) >= 11 is 6.58. The van der Waals surface area contributed by atoms with Crippen molar-refractivity contribution in [1.82, 2.24) is 4.90 Å². The number of anilines is 2. The van der Waals surface area contributed by atoms with E-state index < -0.39 is 0 Å². The third-order valence-corrected chi connectivity index (χ3v) is 6.32. The van der Waals surface area contributed by atoms with Gasteiger partial charge in [-0.1, -0.05) is 24.6 Å². The van der Waals surface area contributed by atoms with Gasteiger partial charge in [0.1, 0.15) is 11.5 Å². The summed E-state index contributed by atoms with van der Waals surface area (Å²) in [6.07, 6.45) is 0.940. The van der Waals surface area contributed by atoms with E-state index in [4.69, 9.17) is 21.1 Å². The molecule has 8 heteroatoms. The van der Waals surface area contributed by atoms with Gasteiger partial charge in [0.05, 0.1) is 24.4 Å². The Labute approximate surface area is 216 Å². The zero-order chi connectivity index (χ0) is 25.5. The van der Waals surface area contributed by atoms with Crippen LogP contribution in [-0.4, -0.2) is 56.6 Å². The van der Waals surface area contributed by atoms with Crippen LogP contribution in [0.2, 0.25) is 5.02 Å². The van der Waals surface area contributed by atoms with Crippen LogP contribution in [0.1, 0.15) is 34.1 Å².